The van der Waals surface area contributed by atoms with Crippen LogP contribution in [-0.2, 0) is 21.5 Å². The summed E-state index contributed by atoms with van der Waals surface area (Å²) in [6, 6.07) is 9.20. The molecule has 3 rings (SSSR count). The van der Waals surface area contributed by atoms with Gasteiger partial charge < -0.3 is 14.6 Å². The Hall–Kier alpha value is -2.10. The second kappa shape index (κ2) is 6.90. The van der Waals surface area contributed by atoms with Crippen LogP contribution in [0.5, 0.6) is 0 Å². The number of morpholine rings is 1. The van der Waals surface area contributed by atoms with E-state index in [1.165, 1.54) is 0 Å². The number of benzene rings is 1. The largest absolute Gasteiger partial charge is 0.444 e. The maximum atomic E-state index is 12.6. The summed E-state index contributed by atoms with van der Waals surface area (Å²) in [6.45, 7) is 6.33. The number of hydrogen-bond acceptors (Lipinski definition) is 5. The van der Waals surface area contributed by atoms with E-state index in [4.69, 9.17) is 14.7 Å². The zero-order chi connectivity index (χ0) is 18.9. The van der Waals surface area contributed by atoms with Crippen molar-refractivity contribution in [2.75, 3.05) is 13.2 Å². The molecule has 1 N–H and O–H groups in total. The molecule has 0 aliphatic carbocycles. The zero-order valence-electron chi connectivity index (χ0n) is 15.6. The van der Waals surface area contributed by atoms with Crippen LogP contribution in [0.3, 0.4) is 0 Å². The molecule has 2 atom stereocenters. The fourth-order valence-corrected chi connectivity index (χ4v) is 3.85. The van der Waals surface area contributed by atoms with Gasteiger partial charge in [-0.15, -0.1) is 0 Å². The number of nitrogens with zero attached hydrogens (tertiary/aromatic N) is 2. The lowest BCUT2D eigenvalue weighted by Gasteiger charge is -2.51. The Morgan fingerprint density at radius 1 is 1.31 bits per heavy atom. The van der Waals surface area contributed by atoms with Crippen LogP contribution in [0.2, 0.25) is 0 Å². The van der Waals surface area contributed by atoms with Crippen LogP contribution in [0.15, 0.2) is 24.3 Å². The van der Waals surface area contributed by atoms with Gasteiger partial charge in [-0.2, -0.15) is 5.26 Å². The second-order valence-electron chi connectivity index (χ2n) is 8.20. The van der Waals surface area contributed by atoms with Crippen molar-refractivity contribution in [3.05, 3.63) is 35.4 Å². The van der Waals surface area contributed by atoms with Crippen LogP contribution in [-0.4, -0.2) is 47.0 Å². The Kier molecular flexibility index (Phi) is 4.96. The van der Waals surface area contributed by atoms with Crippen molar-refractivity contribution in [1.29, 1.82) is 5.26 Å². The van der Waals surface area contributed by atoms with E-state index in [-0.39, 0.29) is 18.2 Å². The van der Waals surface area contributed by atoms with E-state index >= 15 is 0 Å². The fourth-order valence-electron chi connectivity index (χ4n) is 3.85. The molecule has 0 radical (unpaired) electrons. The van der Waals surface area contributed by atoms with E-state index in [9.17, 15) is 9.90 Å². The smallest absolute Gasteiger partial charge is 0.410 e. The summed E-state index contributed by atoms with van der Waals surface area (Å²) in [4.78, 5) is 14.4. The molecule has 6 heteroatoms. The molecule has 6 nitrogen and oxygen atoms in total. The van der Waals surface area contributed by atoms with E-state index in [1.807, 2.05) is 45.0 Å². The number of amides is 1. The van der Waals surface area contributed by atoms with Crippen LogP contribution in [0.4, 0.5) is 4.79 Å². The highest BCUT2D eigenvalue weighted by molar-refractivity contribution is 5.69. The van der Waals surface area contributed by atoms with Gasteiger partial charge in [0.1, 0.15) is 5.60 Å². The Bertz CT molecular complexity index is 688. The van der Waals surface area contributed by atoms with E-state index in [0.717, 1.165) is 11.1 Å². The van der Waals surface area contributed by atoms with Gasteiger partial charge in [-0.1, -0.05) is 24.3 Å². The summed E-state index contributed by atoms with van der Waals surface area (Å²) in [5.41, 5.74) is 0.175. The van der Waals surface area contributed by atoms with E-state index in [0.29, 0.717) is 32.5 Å². The Labute approximate surface area is 154 Å². The average Bonchev–Trinajstić information content (AvgIpc) is 2.53. The van der Waals surface area contributed by atoms with Gasteiger partial charge in [-0.25, -0.2) is 4.79 Å². The molecule has 2 heterocycles. The predicted molar refractivity (Wildman–Crippen MR) is 95.4 cm³/mol. The van der Waals surface area contributed by atoms with Gasteiger partial charge in [-0.05, 0) is 31.9 Å². The minimum absolute atomic E-state index is 0.221. The summed E-state index contributed by atoms with van der Waals surface area (Å²) < 4.78 is 11.2. The fraction of sp³-hybridized carbons (Fsp3) is 0.600. The number of nitriles is 1. The standard InChI is InChI=1S/C20H26N2O4/c1-19(2,3)26-18(23)22-16-10-20(24,11-17(22)13-25-12-16)15-6-4-14(5-7-15)8-9-21/h4-7,16-17,24H,8,10-13H2,1-3H3. The molecule has 140 valence electrons. The SMILES string of the molecule is CC(C)(C)OC(=O)N1C2COCC1CC(O)(c1ccc(CC#N)cc1)C2. The summed E-state index contributed by atoms with van der Waals surface area (Å²) >= 11 is 0. The predicted octanol–water partition coefficient (Wildman–Crippen LogP) is 2.74. The third-order valence-electron chi connectivity index (χ3n) is 4.93. The quantitative estimate of drug-likeness (QED) is 0.879. The Balaban J connectivity index is 1.80. The van der Waals surface area contributed by atoms with E-state index in [2.05, 4.69) is 6.07 Å². The molecule has 1 amide bonds. The molecular weight excluding hydrogens is 332 g/mol. The number of rotatable bonds is 2. The van der Waals surface area contributed by atoms with Crippen molar-refractivity contribution >= 4 is 6.09 Å². The lowest BCUT2D eigenvalue weighted by Crippen LogP contribution is -2.63. The van der Waals surface area contributed by atoms with Crippen molar-refractivity contribution in [3.63, 3.8) is 0 Å². The highest BCUT2D eigenvalue weighted by Crippen LogP contribution is 2.41. The summed E-state index contributed by atoms with van der Waals surface area (Å²) in [5, 5.41) is 20.1. The molecule has 0 saturated carbocycles. The van der Waals surface area contributed by atoms with Gasteiger partial charge in [0.15, 0.2) is 0 Å². The zero-order valence-corrected chi connectivity index (χ0v) is 15.6. The van der Waals surface area contributed by atoms with Crippen molar-refractivity contribution in [3.8, 4) is 6.07 Å². The van der Waals surface area contributed by atoms with Crippen molar-refractivity contribution in [2.45, 2.75) is 63.3 Å². The van der Waals surface area contributed by atoms with E-state index < -0.39 is 11.2 Å². The average molecular weight is 358 g/mol. The van der Waals surface area contributed by atoms with Gasteiger partial charge in [0.25, 0.3) is 0 Å². The lowest BCUT2D eigenvalue weighted by atomic mass is 9.77. The van der Waals surface area contributed by atoms with Crippen LogP contribution >= 0.6 is 0 Å². The molecule has 2 fully saturated rings. The molecule has 0 aromatic heterocycles. The Morgan fingerprint density at radius 3 is 2.38 bits per heavy atom. The third kappa shape index (κ3) is 3.84. The lowest BCUT2D eigenvalue weighted by molar-refractivity contribution is -0.141. The molecule has 1 aromatic rings. The van der Waals surface area contributed by atoms with Crippen molar-refractivity contribution in [1.82, 2.24) is 4.90 Å². The number of carbonyl (C=O) groups is 1. The van der Waals surface area contributed by atoms with Crippen LogP contribution in [0, 0.1) is 11.3 Å². The molecule has 0 spiro atoms. The molecule has 2 unspecified atom stereocenters. The van der Waals surface area contributed by atoms with Gasteiger partial charge in [0.05, 0.1) is 43.4 Å². The monoisotopic (exact) mass is 358 g/mol. The highest BCUT2D eigenvalue weighted by atomic mass is 16.6. The minimum Gasteiger partial charge on any atom is -0.444 e. The molecule has 2 aliphatic rings. The molecule has 1 aromatic carbocycles. The number of aliphatic hydroxyl groups is 1. The van der Waals surface area contributed by atoms with Crippen LogP contribution in [0.1, 0.15) is 44.7 Å². The number of carbonyl (C=O) groups excluding carboxylic acids is 1. The second-order valence-corrected chi connectivity index (χ2v) is 8.20. The van der Waals surface area contributed by atoms with Gasteiger partial charge >= 0.3 is 6.09 Å². The molecular formula is C20H26N2O4. The van der Waals surface area contributed by atoms with Crippen LogP contribution in [0.25, 0.3) is 0 Å². The summed E-state index contributed by atoms with van der Waals surface area (Å²) in [6.07, 6.45) is 0.812. The number of piperidine rings is 1. The van der Waals surface area contributed by atoms with E-state index in [1.54, 1.807) is 4.90 Å². The molecule has 2 bridgehead atoms. The topological polar surface area (TPSA) is 82.8 Å². The summed E-state index contributed by atoms with van der Waals surface area (Å²) in [7, 11) is 0. The number of fused-ring (bicyclic) bond motifs is 2. The third-order valence-corrected chi connectivity index (χ3v) is 4.93. The first-order valence-electron chi connectivity index (χ1n) is 9.00. The normalized spacial score (nSPS) is 28.3. The first kappa shape index (κ1) is 18.7. The molecule has 26 heavy (non-hydrogen) atoms. The number of ether oxygens (including phenoxy) is 2. The Morgan fingerprint density at radius 2 is 1.88 bits per heavy atom. The van der Waals surface area contributed by atoms with Crippen molar-refractivity contribution in [2.24, 2.45) is 0 Å². The van der Waals surface area contributed by atoms with Gasteiger partial charge in [-0.3, -0.25) is 4.90 Å². The maximum absolute atomic E-state index is 12.6. The number of hydrogen-bond donors (Lipinski definition) is 1. The van der Waals surface area contributed by atoms with Gasteiger partial charge in [0, 0.05) is 12.8 Å². The maximum Gasteiger partial charge on any atom is 0.410 e. The summed E-state index contributed by atoms with van der Waals surface area (Å²) in [5.74, 6) is 0. The van der Waals surface area contributed by atoms with Crippen molar-refractivity contribution < 1.29 is 19.4 Å². The first-order chi connectivity index (χ1) is 12.2. The molecule has 2 saturated heterocycles. The van der Waals surface area contributed by atoms with Gasteiger partial charge in [0.2, 0.25) is 0 Å². The van der Waals surface area contributed by atoms with Crippen LogP contribution < -0.4 is 0 Å². The first-order valence-corrected chi connectivity index (χ1v) is 9.00. The molecule has 2 aliphatic heterocycles. The minimum atomic E-state index is -1.01. The highest BCUT2D eigenvalue weighted by Gasteiger charge is 2.49.